The summed E-state index contributed by atoms with van der Waals surface area (Å²) in [6.07, 6.45) is 3.89. The van der Waals surface area contributed by atoms with Gasteiger partial charge in [-0.1, -0.05) is 18.2 Å². The van der Waals surface area contributed by atoms with Crippen LogP contribution in [0.1, 0.15) is 37.4 Å². The van der Waals surface area contributed by atoms with E-state index in [0.29, 0.717) is 38.3 Å². The van der Waals surface area contributed by atoms with Crippen LogP contribution in [0.25, 0.3) is 10.9 Å². The van der Waals surface area contributed by atoms with Crippen molar-refractivity contribution < 1.29 is 23.7 Å². The number of ether oxygens (including phenoxy) is 4. The number of hydrogen-bond donors (Lipinski definition) is 1. The molecule has 7 nitrogen and oxygen atoms in total. The molecule has 0 amide bonds. The normalized spacial score (nSPS) is 30.2. The van der Waals surface area contributed by atoms with Crippen LogP contribution in [-0.4, -0.2) is 75.3 Å². The number of aromatic nitrogens is 1. The monoisotopic (exact) mass is 456 g/mol. The van der Waals surface area contributed by atoms with Gasteiger partial charge >= 0.3 is 5.97 Å². The zero-order valence-electron chi connectivity index (χ0n) is 19.8. The molecule has 0 radical (unpaired) electrons. The summed E-state index contributed by atoms with van der Waals surface area (Å²) in [5, 5.41) is 1.24. The number of nitrogens with zero attached hydrogens (tertiary/aromatic N) is 1. The minimum absolute atomic E-state index is 0.0621. The van der Waals surface area contributed by atoms with Crippen molar-refractivity contribution in [3.05, 3.63) is 35.5 Å². The number of fused-ring (bicyclic) bond motifs is 4. The molecule has 1 saturated carbocycles. The number of hydrogen-bond acceptors (Lipinski definition) is 6. The fourth-order valence-corrected chi connectivity index (χ4v) is 6.78. The van der Waals surface area contributed by atoms with Crippen LogP contribution >= 0.6 is 0 Å². The number of esters is 1. The van der Waals surface area contributed by atoms with Crippen molar-refractivity contribution in [3.63, 3.8) is 0 Å². The van der Waals surface area contributed by atoms with Gasteiger partial charge in [-0.05, 0) is 56.1 Å². The molecule has 1 aromatic carbocycles. The number of benzene rings is 1. The highest BCUT2D eigenvalue weighted by atomic mass is 16.7. The summed E-state index contributed by atoms with van der Waals surface area (Å²) < 4.78 is 22.0. The summed E-state index contributed by atoms with van der Waals surface area (Å²) in [6, 6.07) is 8.58. The van der Waals surface area contributed by atoms with Gasteiger partial charge in [0.2, 0.25) is 0 Å². The van der Waals surface area contributed by atoms with Gasteiger partial charge in [0.1, 0.15) is 12.2 Å². The Bertz CT molecular complexity index is 975. The van der Waals surface area contributed by atoms with Gasteiger partial charge in [-0.15, -0.1) is 0 Å². The zero-order chi connectivity index (χ0) is 22.8. The Hall–Kier alpha value is -1.93. The maximum absolute atomic E-state index is 13.8. The van der Waals surface area contributed by atoms with Crippen LogP contribution in [0.15, 0.2) is 24.3 Å². The number of para-hydroxylation sites is 1. The molecule has 180 valence electrons. The molecule has 2 aromatic rings. The molecule has 0 spiro atoms. The number of nitrogens with one attached hydrogen (secondary N) is 1. The molecule has 3 fully saturated rings. The Morgan fingerprint density at radius 2 is 2.06 bits per heavy atom. The molecule has 5 atom stereocenters. The Morgan fingerprint density at radius 1 is 1.21 bits per heavy atom. The van der Waals surface area contributed by atoms with Gasteiger partial charge in [-0.25, -0.2) is 0 Å². The average Bonchev–Trinajstić information content (AvgIpc) is 3.17. The van der Waals surface area contributed by atoms with Gasteiger partial charge in [0.25, 0.3) is 0 Å². The van der Waals surface area contributed by atoms with E-state index >= 15 is 0 Å². The van der Waals surface area contributed by atoms with Crippen LogP contribution in [0.5, 0.6) is 0 Å². The summed E-state index contributed by atoms with van der Waals surface area (Å²) >= 11 is 0. The van der Waals surface area contributed by atoms with Crippen LogP contribution in [0.4, 0.5) is 0 Å². The number of rotatable bonds is 10. The third-order valence-corrected chi connectivity index (χ3v) is 7.86. The first-order chi connectivity index (χ1) is 16.2. The fraction of sp³-hybridized carbons (Fsp3) is 0.654. The van der Waals surface area contributed by atoms with Crippen molar-refractivity contribution in [2.75, 3.05) is 53.4 Å². The average molecular weight is 457 g/mol. The molecule has 3 aliphatic heterocycles. The molecule has 33 heavy (non-hydrogen) atoms. The lowest BCUT2D eigenvalue weighted by molar-refractivity contribution is -0.166. The summed E-state index contributed by atoms with van der Waals surface area (Å²) in [5.74, 6) is 0.811. The predicted molar refractivity (Wildman–Crippen MR) is 125 cm³/mol. The highest BCUT2D eigenvalue weighted by Crippen LogP contribution is 2.55. The quantitative estimate of drug-likeness (QED) is 0.336. The summed E-state index contributed by atoms with van der Waals surface area (Å²) in [5.41, 5.74) is 2.89. The minimum Gasteiger partial charge on any atom is -0.465 e. The summed E-state index contributed by atoms with van der Waals surface area (Å²) in [6.45, 7) is 6.38. The number of piperidine rings is 2. The van der Waals surface area contributed by atoms with E-state index in [0.717, 1.165) is 50.0 Å². The first-order valence-electron chi connectivity index (χ1n) is 12.3. The second-order valence-electron chi connectivity index (χ2n) is 9.69. The van der Waals surface area contributed by atoms with Gasteiger partial charge in [-0.2, -0.15) is 0 Å². The third-order valence-electron chi connectivity index (χ3n) is 7.86. The molecular weight excluding hydrogens is 420 g/mol. The fourth-order valence-electron chi connectivity index (χ4n) is 6.78. The van der Waals surface area contributed by atoms with Gasteiger partial charge < -0.3 is 23.9 Å². The topological polar surface area (TPSA) is 73.0 Å². The largest absolute Gasteiger partial charge is 0.465 e. The number of carbonyl (C=O) groups excluding carboxylic acids is 1. The van der Waals surface area contributed by atoms with E-state index in [1.54, 1.807) is 7.11 Å². The molecule has 4 aliphatic rings. The molecule has 4 heterocycles. The predicted octanol–water partition coefficient (Wildman–Crippen LogP) is 3.26. The van der Waals surface area contributed by atoms with Crippen LogP contribution < -0.4 is 0 Å². The molecular formula is C26H36N2O5. The third kappa shape index (κ3) is 3.99. The summed E-state index contributed by atoms with van der Waals surface area (Å²) in [7, 11) is 1.66. The molecule has 2 saturated heterocycles. The number of aromatic amines is 1. The Balaban J connectivity index is 1.45. The maximum atomic E-state index is 13.8. The lowest BCUT2D eigenvalue weighted by Gasteiger charge is -2.58. The second-order valence-corrected chi connectivity index (χ2v) is 9.69. The van der Waals surface area contributed by atoms with Crippen LogP contribution in [0.2, 0.25) is 0 Å². The molecule has 6 rings (SSSR count). The second kappa shape index (κ2) is 9.74. The van der Waals surface area contributed by atoms with Crippen molar-refractivity contribution in [2.24, 2.45) is 11.8 Å². The van der Waals surface area contributed by atoms with Crippen molar-refractivity contribution >= 4 is 16.9 Å². The van der Waals surface area contributed by atoms with E-state index in [4.69, 9.17) is 18.9 Å². The van der Waals surface area contributed by atoms with Crippen molar-refractivity contribution in [1.82, 2.24) is 9.88 Å². The maximum Gasteiger partial charge on any atom is 0.319 e. The Labute approximate surface area is 195 Å². The van der Waals surface area contributed by atoms with Crippen molar-refractivity contribution in [3.8, 4) is 0 Å². The van der Waals surface area contributed by atoms with E-state index in [1.807, 2.05) is 6.92 Å². The first-order valence-corrected chi connectivity index (χ1v) is 12.3. The van der Waals surface area contributed by atoms with E-state index < -0.39 is 5.41 Å². The highest BCUT2D eigenvalue weighted by Gasteiger charge is 2.63. The van der Waals surface area contributed by atoms with Crippen LogP contribution in [-0.2, 0) is 35.6 Å². The lowest BCUT2D eigenvalue weighted by Crippen LogP contribution is -2.67. The van der Waals surface area contributed by atoms with E-state index in [9.17, 15) is 4.79 Å². The number of methoxy groups -OCH3 is 1. The van der Waals surface area contributed by atoms with Gasteiger partial charge in [0.15, 0.2) is 0 Å². The Morgan fingerprint density at radius 3 is 2.91 bits per heavy atom. The number of H-pyrrole nitrogens is 1. The van der Waals surface area contributed by atoms with Crippen molar-refractivity contribution in [1.29, 1.82) is 0 Å². The summed E-state index contributed by atoms with van der Waals surface area (Å²) in [4.78, 5) is 20.1. The Kier molecular flexibility index (Phi) is 6.74. The zero-order valence-corrected chi connectivity index (χ0v) is 19.8. The van der Waals surface area contributed by atoms with Gasteiger partial charge in [-0.3, -0.25) is 9.69 Å². The van der Waals surface area contributed by atoms with E-state index in [2.05, 4.69) is 34.1 Å². The lowest BCUT2D eigenvalue weighted by atomic mass is 9.56. The highest BCUT2D eigenvalue weighted by molar-refractivity contribution is 5.91. The molecule has 1 N–H and O–H groups in total. The van der Waals surface area contributed by atoms with Crippen LogP contribution in [0.3, 0.4) is 0 Å². The van der Waals surface area contributed by atoms with Crippen molar-refractivity contribution in [2.45, 2.75) is 44.1 Å². The minimum atomic E-state index is -0.637. The van der Waals surface area contributed by atoms with Gasteiger partial charge in [0, 0.05) is 49.4 Å². The first kappa shape index (κ1) is 22.8. The van der Waals surface area contributed by atoms with E-state index in [1.165, 1.54) is 10.9 Å². The van der Waals surface area contributed by atoms with E-state index in [-0.39, 0.29) is 18.8 Å². The standard InChI is InChI=1S/C26H36N2O5/c1-3-33-25(29)26-15-18-14-19(9-11-31-17-32-13-12-30-2)24(26)28(16-18)10-8-21-20-6-4-5-7-22(20)27-23(21)26/h4-7,18-19,24,27H,3,8-17H2,1-2H3/t18-,19+,24+,26-/m1/s1. The molecule has 1 aliphatic carbocycles. The molecule has 7 heteroatoms. The molecule has 1 aromatic heterocycles. The number of carbonyl (C=O) groups is 1. The van der Waals surface area contributed by atoms with Gasteiger partial charge in [0.05, 0.1) is 19.8 Å². The van der Waals surface area contributed by atoms with Crippen LogP contribution in [0, 0.1) is 11.8 Å². The smallest absolute Gasteiger partial charge is 0.319 e. The SMILES string of the molecule is CCOC(=O)[C@@]12C[C@H]3C[C@H](CCOCOCCOC)[C@@H]1N(CCc1c2[nH]c2ccccc12)C3. The molecule has 4 bridgehead atoms. The molecule has 1 unspecified atom stereocenters.